The smallest absolute Gasteiger partial charge is 0.265 e. The third-order valence-electron chi connectivity index (χ3n) is 3.46. The molecule has 0 spiro atoms. The van der Waals surface area contributed by atoms with Crippen LogP contribution in [0.3, 0.4) is 0 Å². The zero-order chi connectivity index (χ0) is 17.7. The zero-order valence-electron chi connectivity index (χ0n) is 13.7. The van der Waals surface area contributed by atoms with E-state index in [1.54, 1.807) is 37.3 Å². The fourth-order valence-electron chi connectivity index (χ4n) is 2.25. The van der Waals surface area contributed by atoms with Crippen LogP contribution in [-0.2, 0) is 15.8 Å². The first-order chi connectivity index (χ1) is 11.4. The minimum absolute atomic E-state index is 0.144. The number of hydrogen-bond acceptors (Lipinski definition) is 5. The molecule has 2 aromatic rings. The SMILES string of the molecule is COc1cc(C(=O)NS(=O)(=O)Cc2ccccc2)cc(OC)c1C. The van der Waals surface area contributed by atoms with Gasteiger partial charge in [0.1, 0.15) is 11.5 Å². The second-order valence-corrected chi connectivity index (χ2v) is 6.90. The highest BCUT2D eigenvalue weighted by Crippen LogP contribution is 2.29. The quantitative estimate of drug-likeness (QED) is 0.865. The van der Waals surface area contributed by atoms with Crippen molar-refractivity contribution in [3.8, 4) is 11.5 Å². The maximum absolute atomic E-state index is 12.3. The molecule has 128 valence electrons. The summed E-state index contributed by atoms with van der Waals surface area (Å²) in [6.07, 6.45) is 0. The van der Waals surface area contributed by atoms with Crippen LogP contribution in [0.2, 0.25) is 0 Å². The van der Waals surface area contributed by atoms with Gasteiger partial charge in [-0.1, -0.05) is 30.3 Å². The molecule has 0 radical (unpaired) electrons. The van der Waals surface area contributed by atoms with Gasteiger partial charge in [0.25, 0.3) is 5.91 Å². The first-order valence-corrected chi connectivity index (χ1v) is 8.83. The molecule has 0 aromatic heterocycles. The van der Waals surface area contributed by atoms with Crippen molar-refractivity contribution in [1.29, 1.82) is 0 Å². The van der Waals surface area contributed by atoms with E-state index in [1.807, 2.05) is 0 Å². The van der Waals surface area contributed by atoms with Crippen molar-refractivity contribution >= 4 is 15.9 Å². The van der Waals surface area contributed by atoms with Crippen LogP contribution in [0.1, 0.15) is 21.5 Å². The van der Waals surface area contributed by atoms with E-state index in [4.69, 9.17) is 9.47 Å². The Labute approximate surface area is 141 Å². The van der Waals surface area contributed by atoms with E-state index in [0.29, 0.717) is 17.1 Å². The summed E-state index contributed by atoms with van der Waals surface area (Å²) in [4.78, 5) is 12.3. The van der Waals surface area contributed by atoms with Crippen LogP contribution < -0.4 is 14.2 Å². The van der Waals surface area contributed by atoms with Gasteiger partial charge in [-0.25, -0.2) is 13.1 Å². The maximum Gasteiger partial charge on any atom is 0.265 e. The highest BCUT2D eigenvalue weighted by atomic mass is 32.2. The monoisotopic (exact) mass is 349 g/mol. The Bertz CT molecular complexity index is 806. The molecule has 0 aliphatic heterocycles. The standard InChI is InChI=1S/C17H19NO5S/c1-12-15(22-2)9-14(10-16(12)23-3)17(19)18-24(20,21)11-13-7-5-4-6-8-13/h4-10H,11H2,1-3H3,(H,18,19). The highest BCUT2D eigenvalue weighted by molar-refractivity contribution is 7.89. The Balaban J connectivity index is 2.23. The van der Waals surface area contributed by atoms with Crippen LogP contribution in [0, 0.1) is 6.92 Å². The number of amides is 1. The van der Waals surface area contributed by atoms with Crippen molar-refractivity contribution in [2.24, 2.45) is 0 Å². The Hall–Kier alpha value is -2.54. The Kier molecular flexibility index (Phi) is 5.46. The van der Waals surface area contributed by atoms with E-state index in [0.717, 1.165) is 5.56 Å². The Morgan fingerprint density at radius 3 is 2.08 bits per heavy atom. The lowest BCUT2D eigenvalue weighted by Gasteiger charge is -2.13. The summed E-state index contributed by atoms with van der Waals surface area (Å²) < 4.78 is 36.8. The normalized spacial score (nSPS) is 11.0. The summed E-state index contributed by atoms with van der Waals surface area (Å²) in [7, 11) is -0.877. The second kappa shape index (κ2) is 7.35. The Morgan fingerprint density at radius 1 is 1.04 bits per heavy atom. The van der Waals surface area contributed by atoms with Gasteiger partial charge in [0.2, 0.25) is 10.0 Å². The van der Waals surface area contributed by atoms with E-state index in [2.05, 4.69) is 4.72 Å². The summed E-state index contributed by atoms with van der Waals surface area (Å²) in [6.45, 7) is 1.78. The average molecular weight is 349 g/mol. The third-order valence-corrected chi connectivity index (χ3v) is 4.67. The fourth-order valence-corrected chi connectivity index (χ4v) is 3.35. The van der Waals surface area contributed by atoms with Gasteiger partial charge < -0.3 is 9.47 Å². The molecule has 0 aliphatic carbocycles. The minimum Gasteiger partial charge on any atom is -0.496 e. The van der Waals surface area contributed by atoms with Crippen molar-refractivity contribution in [3.63, 3.8) is 0 Å². The molecule has 2 aromatic carbocycles. The molecular weight excluding hydrogens is 330 g/mol. The van der Waals surface area contributed by atoms with Gasteiger partial charge in [0.05, 0.1) is 20.0 Å². The number of sulfonamides is 1. The fraction of sp³-hybridized carbons (Fsp3) is 0.235. The lowest BCUT2D eigenvalue weighted by atomic mass is 10.1. The van der Waals surface area contributed by atoms with E-state index in [-0.39, 0.29) is 11.3 Å². The number of carbonyl (C=O) groups excluding carboxylic acids is 1. The molecule has 0 saturated heterocycles. The number of nitrogens with one attached hydrogen (secondary N) is 1. The van der Waals surface area contributed by atoms with Crippen LogP contribution in [0.5, 0.6) is 11.5 Å². The molecule has 1 amide bonds. The van der Waals surface area contributed by atoms with Crippen molar-refractivity contribution in [2.45, 2.75) is 12.7 Å². The van der Waals surface area contributed by atoms with Gasteiger partial charge in [-0.05, 0) is 24.6 Å². The molecule has 0 unspecified atom stereocenters. The molecular formula is C17H19NO5S. The molecule has 6 nitrogen and oxygen atoms in total. The largest absolute Gasteiger partial charge is 0.496 e. The molecule has 0 bridgehead atoms. The molecule has 0 aliphatic rings. The molecule has 24 heavy (non-hydrogen) atoms. The molecule has 7 heteroatoms. The number of methoxy groups -OCH3 is 2. The summed E-state index contributed by atoms with van der Waals surface area (Å²) >= 11 is 0. The molecule has 0 saturated carbocycles. The topological polar surface area (TPSA) is 81.7 Å². The van der Waals surface area contributed by atoms with Crippen molar-refractivity contribution in [1.82, 2.24) is 4.72 Å². The summed E-state index contributed by atoms with van der Waals surface area (Å²) in [6, 6.07) is 11.6. The third kappa shape index (κ3) is 4.26. The maximum atomic E-state index is 12.3. The predicted molar refractivity (Wildman–Crippen MR) is 90.8 cm³/mol. The molecule has 1 N–H and O–H groups in total. The van der Waals surface area contributed by atoms with Gasteiger partial charge in [0.15, 0.2) is 0 Å². The van der Waals surface area contributed by atoms with Gasteiger partial charge >= 0.3 is 0 Å². The van der Waals surface area contributed by atoms with Crippen LogP contribution in [0.25, 0.3) is 0 Å². The first kappa shape index (κ1) is 17.8. The summed E-state index contributed by atoms with van der Waals surface area (Å²) in [5.74, 6) is -0.123. The number of benzene rings is 2. The molecule has 0 fully saturated rings. The number of hydrogen-bond donors (Lipinski definition) is 1. The van der Waals surface area contributed by atoms with E-state index >= 15 is 0 Å². The van der Waals surface area contributed by atoms with Crippen molar-refractivity contribution in [2.75, 3.05) is 14.2 Å². The molecule has 0 atom stereocenters. The zero-order valence-corrected chi connectivity index (χ0v) is 14.5. The van der Waals surface area contributed by atoms with E-state index in [9.17, 15) is 13.2 Å². The van der Waals surface area contributed by atoms with Gasteiger partial charge in [-0.3, -0.25) is 4.79 Å². The van der Waals surface area contributed by atoms with Gasteiger partial charge in [-0.15, -0.1) is 0 Å². The van der Waals surface area contributed by atoms with Gasteiger partial charge in [-0.2, -0.15) is 0 Å². The van der Waals surface area contributed by atoms with Crippen LogP contribution in [-0.4, -0.2) is 28.5 Å². The summed E-state index contributed by atoms with van der Waals surface area (Å²) in [5.41, 5.74) is 1.46. The number of carbonyl (C=O) groups is 1. The van der Waals surface area contributed by atoms with Crippen LogP contribution in [0.4, 0.5) is 0 Å². The highest BCUT2D eigenvalue weighted by Gasteiger charge is 2.19. The Morgan fingerprint density at radius 2 is 1.58 bits per heavy atom. The average Bonchev–Trinajstić information content (AvgIpc) is 2.55. The predicted octanol–water partition coefficient (Wildman–Crippen LogP) is 2.27. The molecule has 0 heterocycles. The number of rotatable bonds is 6. The van der Waals surface area contributed by atoms with Crippen LogP contribution in [0.15, 0.2) is 42.5 Å². The van der Waals surface area contributed by atoms with Crippen molar-refractivity contribution < 1.29 is 22.7 Å². The second-order valence-electron chi connectivity index (χ2n) is 5.18. The van der Waals surface area contributed by atoms with Crippen molar-refractivity contribution in [3.05, 3.63) is 59.2 Å². The van der Waals surface area contributed by atoms with E-state index < -0.39 is 15.9 Å². The summed E-state index contributed by atoms with van der Waals surface area (Å²) in [5, 5.41) is 0. The van der Waals surface area contributed by atoms with Gasteiger partial charge in [0, 0.05) is 11.1 Å². The van der Waals surface area contributed by atoms with Crippen LogP contribution >= 0.6 is 0 Å². The van der Waals surface area contributed by atoms with E-state index in [1.165, 1.54) is 26.4 Å². The lowest BCUT2D eigenvalue weighted by Crippen LogP contribution is -2.31. The first-order valence-electron chi connectivity index (χ1n) is 7.17. The molecule has 2 rings (SSSR count). The number of ether oxygens (including phenoxy) is 2. The minimum atomic E-state index is -3.81. The lowest BCUT2D eigenvalue weighted by molar-refractivity contribution is 0.0980.